The first kappa shape index (κ1) is 18.5. The van der Waals surface area contributed by atoms with Crippen LogP contribution in [0.4, 0.5) is 17.6 Å². The minimum atomic E-state index is -4.76. The van der Waals surface area contributed by atoms with Crippen molar-refractivity contribution in [2.45, 2.75) is 13.1 Å². The van der Waals surface area contributed by atoms with Gasteiger partial charge in [-0.25, -0.2) is 4.39 Å². The molecule has 24 heavy (non-hydrogen) atoms. The topological polar surface area (TPSA) is 61.2 Å². The molecule has 1 aromatic rings. The second-order valence-corrected chi connectivity index (χ2v) is 7.45. The van der Waals surface area contributed by atoms with E-state index in [1.165, 1.54) is 0 Å². The van der Waals surface area contributed by atoms with Crippen LogP contribution in [-0.4, -0.2) is 28.6 Å². The van der Waals surface area contributed by atoms with Crippen LogP contribution in [0.15, 0.2) is 27.3 Å². The molecule has 132 valence electrons. The quantitative estimate of drug-likeness (QED) is 0.493. The zero-order chi connectivity index (χ0) is 18.2. The minimum Gasteiger partial charge on any atom is -0.468 e. The van der Waals surface area contributed by atoms with Crippen LogP contribution in [0.1, 0.15) is 11.1 Å². The van der Waals surface area contributed by atoms with Crippen molar-refractivity contribution in [1.29, 1.82) is 0 Å². The van der Waals surface area contributed by atoms with E-state index in [0.717, 1.165) is 20.1 Å². The largest absolute Gasteiger partial charge is 0.468 e. The van der Waals surface area contributed by atoms with Gasteiger partial charge in [-0.2, -0.15) is 33.8 Å². The molecule has 0 amide bonds. The highest BCUT2D eigenvalue weighted by atomic mass is 35.5. The van der Waals surface area contributed by atoms with E-state index >= 15 is 0 Å². The zero-order valence-corrected chi connectivity index (χ0v) is 14.0. The number of ether oxygens (including phenoxy) is 1. The van der Waals surface area contributed by atoms with Crippen LogP contribution >= 0.6 is 22.5 Å². The molecule has 0 aromatic carbocycles. The third-order valence-corrected chi connectivity index (χ3v) is 6.07. The first-order valence-electron chi connectivity index (χ1n) is 6.35. The lowest BCUT2D eigenvalue weighted by molar-refractivity contribution is -0.139. The van der Waals surface area contributed by atoms with Gasteiger partial charge in [-0.3, -0.25) is 9.59 Å². The van der Waals surface area contributed by atoms with Crippen molar-refractivity contribution in [2.75, 3.05) is 12.9 Å². The van der Waals surface area contributed by atoms with Crippen LogP contribution < -0.4 is 5.56 Å². The molecule has 11 heteroatoms. The summed E-state index contributed by atoms with van der Waals surface area (Å²) in [4.78, 5) is 23.6. The van der Waals surface area contributed by atoms with Crippen LogP contribution in [-0.2, 0) is 15.7 Å². The highest BCUT2D eigenvalue weighted by Gasteiger charge is 2.36. The molecule has 0 radical (unpaired) electrons. The fraction of sp³-hybridized carbons (Fsp3) is 0.308. The summed E-state index contributed by atoms with van der Waals surface area (Å²) < 4.78 is 57.5. The molecule has 0 N–H and O–H groups in total. The Bertz CT molecular complexity index is 816. The maximum Gasteiger partial charge on any atom is 0.418 e. The summed E-state index contributed by atoms with van der Waals surface area (Å²) in [7, 11) is -0.698. The highest BCUT2D eigenvalue weighted by Crippen LogP contribution is 2.54. The van der Waals surface area contributed by atoms with Gasteiger partial charge in [0, 0.05) is 11.6 Å². The number of methoxy groups -OCH3 is 1. The van der Waals surface area contributed by atoms with Crippen LogP contribution in [0.5, 0.6) is 0 Å². The molecular formula is C13H11ClF4N2O3S. The average Bonchev–Trinajstić information content (AvgIpc) is 2.75. The van der Waals surface area contributed by atoms with Crippen molar-refractivity contribution in [1.82, 2.24) is 9.78 Å². The second kappa shape index (κ2) is 6.60. The van der Waals surface area contributed by atoms with Gasteiger partial charge in [-0.15, -0.1) is 0 Å². The maximum atomic E-state index is 14.1. The summed E-state index contributed by atoms with van der Waals surface area (Å²) in [6, 6.07) is 0. The number of hydrogen-bond acceptors (Lipinski definition) is 4. The first-order valence-corrected chi connectivity index (χ1v) is 8.26. The highest BCUT2D eigenvalue weighted by molar-refractivity contribution is 8.29. The van der Waals surface area contributed by atoms with Crippen molar-refractivity contribution in [2.24, 2.45) is 0 Å². The van der Waals surface area contributed by atoms with E-state index in [1.54, 1.807) is 0 Å². The Morgan fingerprint density at radius 1 is 1.46 bits per heavy atom. The summed E-state index contributed by atoms with van der Waals surface area (Å²) in [6.45, 7) is 0.967. The van der Waals surface area contributed by atoms with E-state index < -0.39 is 45.6 Å². The molecule has 0 bridgehead atoms. The van der Waals surface area contributed by atoms with Gasteiger partial charge in [0.05, 0.1) is 29.0 Å². The molecule has 1 aliphatic heterocycles. The number of esters is 1. The van der Waals surface area contributed by atoms with E-state index in [-0.39, 0.29) is 15.1 Å². The maximum absolute atomic E-state index is 14.1. The molecule has 2 heterocycles. The van der Waals surface area contributed by atoms with E-state index in [9.17, 15) is 27.2 Å². The van der Waals surface area contributed by atoms with E-state index in [2.05, 4.69) is 9.84 Å². The minimum absolute atomic E-state index is 0.0193. The molecule has 5 nitrogen and oxygen atoms in total. The van der Waals surface area contributed by atoms with Crippen molar-refractivity contribution in [3.05, 3.63) is 43.9 Å². The van der Waals surface area contributed by atoms with Gasteiger partial charge >= 0.3 is 12.1 Å². The number of carbonyl (C=O) groups excluding carboxylic acids is 1. The van der Waals surface area contributed by atoms with Crippen molar-refractivity contribution in [3.8, 4) is 0 Å². The van der Waals surface area contributed by atoms with Gasteiger partial charge in [0.2, 0.25) is 0 Å². The fourth-order valence-electron chi connectivity index (χ4n) is 2.01. The number of allylic oxidation sites excluding steroid dienone is 2. The lowest BCUT2D eigenvalue weighted by atomic mass is 10.2. The van der Waals surface area contributed by atoms with Gasteiger partial charge < -0.3 is 4.74 Å². The molecule has 0 spiro atoms. The number of thiol groups is 1. The van der Waals surface area contributed by atoms with E-state index in [1.807, 2.05) is 0 Å². The number of hydrogen-bond donors (Lipinski definition) is 1. The normalized spacial score (nSPS) is 19.5. The predicted molar refractivity (Wildman–Crippen MR) is 82.4 cm³/mol. The molecule has 0 fully saturated rings. The summed E-state index contributed by atoms with van der Waals surface area (Å²) in [6.07, 6.45) is -3.41. The number of aromatic nitrogens is 2. The molecule has 0 aliphatic carbocycles. The number of alkyl halides is 3. The summed E-state index contributed by atoms with van der Waals surface area (Å²) in [5.41, 5.74) is -2.97. The van der Waals surface area contributed by atoms with Gasteiger partial charge in [0.1, 0.15) is 5.03 Å². The third-order valence-electron chi connectivity index (χ3n) is 3.21. The number of halogens is 5. The Morgan fingerprint density at radius 3 is 2.62 bits per heavy atom. The van der Waals surface area contributed by atoms with Gasteiger partial charge in [-0.1, -0.05) is 11.6 Å². The van der Waals surface area contributed by atoms with Gasteiger partial charge in [-0.05, 0) is 6.92 Å². The summed E-state index contributed by atoms with van der Waals surface area (Å²) >= 11 is 5.89. The van der Waals surface area contributed by atoms with Crippen LogP contribution in [0.2, 0.25) is 0 Å². The SMILES string of the molecule is COC(=O)C[SH]1C(Cl)=CC(F)=C1n1ncc(C(F)(F)F)c(C)c1=O. The van der Waals surface area contributed by atoms with E-state index in [0.29, 0.717) is 10.9 Å². The van der Waals surface area contributed by atoms with Crippen molar-refractivity contribution in [3.63, 3.8) is 0 Å². The van der Waals surface area contributed by atoms with Crippen LogP contribution in [0.25, 0.3) is 5.03 Å². The molecule has 1 aliphatic rings. The van der Waals surface area contributed by atoms with E-state index in [4.69, 9.17) is 11.6 Å². The molecule has 1 unspecified atom stereocenters. The van der Waals surface area contributed by atoms with Crippen LogP contribution in [0.3, 0.4) is 0 Å². The number of carbonyl (C=O) groups is 1. The molecule has 0 saturated carbocycles. The Morgan fingerprint density at radius 2 is 2.08 bits per heavy atom. The Labute approximate surface area is 140 Å². The predicted octanol–water partition coefficient (Wildman–Crippen LogP) is 2.93. The van der Waals surface area contributed by atoms with Crippen molar-refractivity contribution >= 4 is 33.5 Å². The molecule has 2 rings (SSSR count). The first-order chi connectivity index (χ1) is 11.1. The Kier molecular flexibility index (Phi) is 5.09. The standard InChI is InChI=1S/C13H11ClF4N2O3S/c1-6-7(13(16,17)18)4-19-20(11(6)22)12-8(15)3-9(14)24(12)5-10(21)23-2/h3-4,24H,5H2,1-2H3. The molecule has 0 saturated heterocycles. The van der Waals surface area contributed by atoms with Gasteiger partial charge in [0.25, 0.3) is 5.56 Å². The molecule has 1 aromatic heterocycles. The monoisotopic (exact) mass is 386 g/mol. The lowest BCUT2D eigenvalue weighted by Gasteiger charge is -2.20. The zero-order valence-electron chi connectivity index (χ0n) is 12.3. The van der Waals surface area contributed by atoms with Gasteiger partial charge in [0.15, 0.2) is 5.83 Å². The number of nitrogens with zero attached hydrogens (tertiary/aromatic N) is 2. The molecule has 1 atom stereocenters. The fourth-order valence-corrected chi connectivity index (χ4v) is 4.38. The Hall–Kier alpha value is -1.81. The van der Waals surface area contributed by atoms with Crippen molar-refractivity contribution < 1.29 is 27.1 Å². The third kappa shape index (κ3) is 3.34. The smallest absolute Gasteiger partial charge is 0.418 e. The summed E-state index contributed by atoms with van der Waals surface area (Å²) in [5, 5.41) is 3.08. The second-order valence-electron chi connectivity index (χ2n) is 4.70. The van der Waals surface area contributed by atoms with Crippen LogP contribution in [0, 0.1) is 6.92 Å². The summed E-state index contributed by atoms with van der Waals surface area (Å²) in [5.74, 6) is -1.95. The number of rotatable bonds is 3. The Balaban J connectivity index is 2.55. The molecular weight excluding hydrogens is 376 g/mol. The lowest BCUT2D eigenvalue weighted by Crippen LogP contribution is -2.28. The average molecular weight is 387 g/mol.